The third-order valence-electron chi connectivity index (χ3n) is 5.06. The molecule has 2 aromatic rings. The number of piperidine rings is 1. The molecule has 2 aromatic heterocycles. The van der Waals surface area contributed by atoms with E-state index < -0.39 is 11.9 Å². The van der Waals surface area contributed by atoms with Gasteiger partial charge in [-0.15, -0.1) is 21.5 Å². The second-order valence-corrected chi connectivity index (χ2v) is 7.94. The van der Waals surface area contributed by atoms with E-state index in [1.165, 1.54) is 17.4 Å². The Morgan fingerprint density at radius 1 is 1.10 bits per heavy atom. The van der Waals surface area contributed by atoms with Crippen molar-refractivity contribution in [3.05, 3.63) is 34.4 Å². The zero-order valence-corrected chi connectivity index (χ0v) is 17.7. The molecule has 2 fully saturated rings. The van der Waals surface area contributed by atoms with Crippen LogP contribution in [0, 0.1) is 0 Å². The van der Waals surface area contributed by atoms with Crippen LogP contribution in [-0.2, 0) is 9.53 Å². The predicted octanol–water partition coefficient (Wildman–Crippen LogP) is 1.23. The van der Waals surface area contributed by atoms with Crippen LogP contribution in [0.2, 0.25) is 0 Å². The third-order valence-corrected chi connectivity index (χ3v) is 5.64. The Morgan fingerprint density at radius 2 is 1.81 bits per heavy atom. The molecule has 0 saturated carbocycles. The Bertz CT molecular complexity index is 908. The molecule has 0 aliphatic carbocycles. The molecule has 0 aromatic carbocycles. The summed E-state index contributed by atoms with van der Waals surface area (Å²) in [7, 11) is 0. The number of ether oxygens (including phenoxy) is 1. The van der Waals surface area contributed by atoms with Gasteiger partial charge in [0.05, 0.1) is 17.7 Å². The smallest absolute Gasteiger partial charge is 0.356 e. The van der Waals surface area contributed by atoms with E-state index in [1.54, 1.807) is 17.0 Å². The number of nitrogens with zero attached hydrogens (tertiary/aromatic N) is 5. The Hall–Kier alpha value is -3.12. The molecule has 0 unspecified atom stereocenters. The minimum atomic E-state index is -1.09. The summed E-state index contributed by atoms with van der Waals surface area (Å²) in [5, 5.41) is 25.9. The Balaban J connectivity index is 0.000000628. The number of rotatable bonds is 3. The van der Waals surface area contributed by atoms with E-state index in [0.29, 0.717) is 44.3 Å². The first-order chi connectivity index (χ1) is 14.8. The second kappa shape index (κ2) is 9.79. The topological polar surface area (TPSA) is 146 Å². The van der Waals surface area contributed by atoms with Crippen molar-refractivity contribution in [1.82, 2.24) is 20.1 Å². The van der Waals surface area contributed by atoms with E-state index in [0.717, 1.165) is 19.8 Å². The highest BCUT2D eigenvalue weighted by Crippen LogP contribution is 2.32. The number of carboxylic acid groups (broad SMARTS) is 2. The molecular formula is C19H23N5O6S. The molecule has 11 nitrogen and oxygen atoms in total. The van der Waals surface area contributed by atoms with Gasteiger partial charge in [0, 0.05) is 38.5 Å². The van der Waals surface area contributed by atoms with Crippen molar-refractivity contribution in [1.29, 1.82) is 0 Å². The maximum Gasteiger partial charge on any atom is 0.356 e. The maximum atomic E-state index is 12.5. The fraction of sp³-hybridized carbons (Fsp3) is 0.474. The fourth-order valence-electron chi connectivity index (χ4n) is 3.55. The minimum Gasteiger partial charge on any atom is -0.481 e. The van der Waals surface area contributed by atoms with Gasteiger partial charge in [0.15, 0.2) is 11.5 Å². The molecule has 12 heteroatoms. The molecule has 31 heavy (non-hydrogen) atoms. The van der Waals surface area contributed by atoms with Crippen LogP contribution in [-0.4, -0.2) is 86.5 Å². The summed E-state index contributed by atoms with van der Waals surface area (Å²) in [6.07, 6.45) is 1.47. The van der Waals surface area contributed by atoms with Gasteiger partial charge < -0.3 is 24.7 Å². The van der Waals surface area contributed by atoms with Gasteiger partial charge in [-0.3, -0.25) is 9.59 Å². The molecule has 0 bridgehead atoms. The summed E-state index contributed by atoms with van der Waals surface area (Å²) in [5.74, 6) is -1.32. The molecule has 2 saturated heterocycles. The van der Waals surface area contributed by atoms with E-state index >= 15 is 0 Å². The van der Waals surface area contributed by atoms with Gasteiger partial charge in [-0.2, -0.15) is 0 Å². The van der Waals surface area contributed by atoms with Gasteiger partial charge in [-0.05, 0) is 25.0 Å². The molecule has 0 atom stereocenters. The lowest BCUT2D eigenvalue weighted by molar-refractivity contribution is -0.134. The predicted molar refractivity (Wildman–Crippen MR) is 110 cm³/mol. The minimum absolute atomic E-state index is 0.0334. The number of morpholine rings is 1. The van der Waals surface area contributed by atoms with Gasteiger partial charge in [-0.1, -0.05) is 0 Å². The number of carbonyl (C=O) groups is 3. The van der Waals surface area contributed by atoms with Crippen molar-refractivity contribution in [2.24, 2.45) is 0 Å². The summed E-state index contributed by atoms with van der Waals surface area (Å²) in [6.45, 7) is 4.20. The highest BCUT2D eigenvalue weighted by molar-refractivity contribution is 7.07. The van der Waals surface area contributed by atoms with E-state index in [9.17, 15) is 9.59 Å². The molecule has 4 heterocycles. The van der Waals surface area contributed by atoms with Crippen LogP contribution in [0.5, 0.6) is 0 Å². The normalized spacial score (nSPS) is 17.6. The van der Waals surface area contributed by atoms with Crippen molar-refractivity contribution < 1.29 is 29.3 Å². The van der Waals surface area contributed by atoms with Crippen LogP contribution >= 0.6 is 11.3 Å². The van der Waals surface area contributed by atoms with Crippen molar-refractivity contribution in [2.45, 2.75) is 25.4 Å². The van der Waals surface area contributed by atoms with Crippen molar-refractivity contribution >= 4 is 35.0 Å². The largest absolute Gasteiger partial charge is 0.481 e. The maximum absolute atomic E-state index is 12.5. The van der Waals surface area contributed by atoms with Crippen molar-refractivity contribution in [2.75, 3.05) is 37.7 Å². The molecule has 2 N–H and O–H groups in total. The lowest BCUT2D eigenvalue weighted by Crippen LogP contribution is -2.57. The van der Waals surface area contributed by atoms with Crippen LogP contribution in [0.15, 0.2) is 23.0 Å². The number of anilines is 1. The summed E-state index contributed by atoms with van der Waals surface area (Å²) in [6, 6.07) is 3.14. The second-order valence-electron chi connectivity index (χ2n) is 7.22. The van der Waals surface area contributed by atoms with Gasteiger partial charge in [0.2, 0.25) is 0 Å². The van der Waals surface area contributed by atoms with Crippen LogP contribution in [0.25, 0.3) is 0 Å². The van der Waals surface area contributed by atoms with E-state index in [4.69, 9.17) is 19.7 Å². The first-order valence-corrected chi connectivity index (χ1v) is 10.6. The quantitative estimate of drug-likeness (QED) is 0.701. The van der Waals surface area contributed by atoms with Gasteiger partial charge >= 0.3 is 5.97 Å². The van der Waals surface area contributed by atoms with E-state index in [1.807, 2.05) is 4.90 Å². The number of aliphatic carboxylic acids is 1. The first-order valence-electron chi connectivity index (χ1n) is 9.62. The summed E-state index contributed by atoms with van der Waals surface area (Å²) >= 11 is 1.41. The number of amides is 1. The summed E-state index contributed by atoms with van der Waals surface area (Å²) in [4.78, 5) is 40.4. The average molecular weight is 449 g/mol. The molecule has 2 aliphatic heterocycles. The number of aromatic carboxylic acids is 1. The lowest BCUT2D eigenvalue weighted by Gasteiger charge is -2.47. The number of carboxylic acids is 2. The molecule has 2 aliphatic rings. The zero-order valence-electron chi connectivity index (χ0n) is 16.9. The molecule has 1 spiro atoms. The molecule has 166 valence electrons. The Labute approximate surface area is 182 Å². The molecular weight excluding hydrogens is 426 g/mol. The summed E-state index contributed by atoms with van der Waals surface area (Å²) < 4.78 is 6.10. The Kier molecular flexibility index (Phi) is 7.13. The van der Waals surface area contributed by atoms with Crippen LogP contribution in [0.1, 0.15) is 40.7 Å². The highest BCUT2D eigenvalue weighted by atomic mass is 32.1. The van der Waals surface area contributed by atoms with Gasteiger partial charge in [0.25, 0.3) is 11.9 Å². The zero-order chi connectivity index (χ0) is 22.4. The standard InChI is InChI=1S/C17H19N5O4S.C2H4O2/c23-15(13-9-27-11-18-13)21-5-3-17(4-6-21)10-22(7-8-26-17)14-2-1-12(16(24)25)19-20-14;1-2(3)4/h1-2,9,11H,3-8,10H2,(H,24,25);1H3,(H,3,4). The third kappa shape index (κ3) is 5.73. The van der Waals surface area contributed by atoms with Gasteiger partial charge in [-0.25, -0.2) is 9.78 Å². The molecule has 1 amide bonds. The fourth-order valence-corrected chi connectivity index (χ4v) is 4.07. The van der Waals surface area contributed by atoms with Crippen molar-refractivity contribution in [3.8, 4) is 0 Å². The first kappa shape index (κ1) is 22.6. The van der Waals surface area contributed by atoms with E-state index in [2.05, 4.69) is 20.1 Å². The van der Waals surface area contributed by atoms with E-state index in [-0.39, 0.29) is 17.2 Å². The monoisotopic (exact) mass is 449 g/mol. The Morgan fingerprint density at radius 3 is 2.35 bits per heavy atom. The average Bonchev–Trinajstić information content (AvgIpc) is 3.29. The lowest BCUT2D eigenvalue weighted by atomic mass is 9.89. The summed E-state index contributed by atoms with van der Waals surface area (Å²) in [5.41, 5.74) is 1.76. The van der Waals surface area contributed by atoms with Gasteiger partial charge in [0.1, 0.15) is 5.69 Å². The van der Waals surface area contributed by atoms with Crippen LogP contribution in [0.3, 0.4) is 0 Å². The number of thiazole rings is 1. The molecule has 0 radical (unpaired) electrons. The SMILES string of the molecule is CC(=O)O.O=C(O)c1ccc(N2CCOC3(CCN(C(=O)c4cscn4)CC3)C2)nn1. The number of hydrogen-bond donors (Lipinski definition) is 2. The molecule has 4 rings (SSSR count). The number of likely N-dealkylation sites (tertiary alicyclic amines) is 1. The highest BCUT2D eigenvalue weighted by Gasteiger charge is 2.41. The van der Waals surface area contributed by atoms with Crippen LogP contribution in [0.4, 0.5) is 5.82 Å². The van der Waals surface area contributed by atoms with Crippen molar-refractivity contribution in [3.63, 3.8) is 0 Å². The number of aromatic nitrogens is 3. The number of hydrogen-bond acceptors (Lipinski definition) is 9. The van der Waals surface area contributed by atoms with Crippen LogP contribution < -0.4 is 4.90 Å². The number of carbonyl (C=O) groups excluding carboxylic acids is 1.